The number of rotatable bonds is 4. The molecule has 30 heavy (non-hydrogen) atoms. The first-order valence-electron chi connectivity index (χ1n) is 9.54. The largest absolute Gasteiger partial charge is 0.382 e. The summed E-state index contributed by atoms with van der Waals surface area (Å²) in [6.07, 6.45) is 2.97. The van der Waals surface area contributed by atoms with Gasteiger partial charge in [-0.3, -0.25) is 9.47 Å². The molecule has 11 heteroatoms. The average Bonchev–Trinajstić information content (AvgIpc) is 3.31. The van der Waals surface area contributed by atoms with E-state index in [2.05, 4.69) is 14.9 Å². The number of imidazole rings is 1. The van der Waals surface area contributed by atoms with Gasteiger partial charge in [0.2, 0.25) is 16.0 Å². The summed E-state index contributed by atoms with van der Waals surface area (Å²) in [5, 5.41) is 0. The Balaban J connectivity index is 1.41. The lowest BCUT2D eigenvalue weighted by atomic mass is 10.3. The van der Waals surface area contributed by atoms with E-state index in [4.69, 9.17) is 10.7 Å². The van der Waals surface area contributed by atoms with Gasteiger partial charge in [-0.05, 0) is 18.2 Å². The number of benzene rings is 1. The number of piperazine rings is 1. The fourth-order valence-electron chi connectivity index (χ4n) is 3.73. The number of nitrogen functional groups attached to an aromatic ring is 1. The van der Waals surface area contributed by atoms with Crippen molar-refractivity contribution in [2.75, 3.05) is 38.2 Å². The minimum Gasteiger partial charge on any atom is -0.382 e. The predicted octanol–water partition coefficient (Wildman–Crippen LogP) is 1.69. The molecule has 4 heterocycles. The molecule has 0 saturated carbocycles. The Hall–Kier alpha value is -2.60. The smallest absolute Gasteiger partial charge is 0.238 e. The number of aromatic nitrogens is 4. The monoisotopic (exact) mass is 443 g/mol. The molecular formula is C19H21N7O2S2. The summed E-state index contributed by atoms with van der Waals surface area (Å²) in [5.74, 6) is 0.950. The van der Waals surface area contributed by atoms with Crippen LogP contribution in [-0.2, 0) is 16.6 Å². The van der Waals surface area contributed by atoms with E-state index in [9.17, 15) is 8.42 Å². The third-order valence-corrected chi connectivity index (χ3v) is 7.72. The van der Waals surface area contributed by atoms with Gasteiger partial charge in [-0.1, -0.05) is 12.1 Å². The van der Waals surface area contributed by atoms with Crippen molar-refractivity contribution in [1.29, 1.82) is 0 Å². The molecule has 156 valence electrons. The van der Waals surface area contributed by atoms with Crippen LogP contribution in [0.2, 0.25) is 0 Å². The number of nitrogens with two attached hydrogens (primary N) is 1. The van der Waals surface area contributed by atoms with Crippen molar-refractivity contribution >= 4 is 48.4 Å². The highest BCUT2D eigenvalue weighted by atomic mass is 32.2. The Morgan fingerprint density at radius 1 is 1.10 bits per heavy atom. The number of fused-ring (bicyclic) bond motifs is 2. The highest BCUT2D eigenvalue weighted by molar-refractivity contribution is 7.88. The highest BCUT2D eigenvalue weighted by Gasteiger charge is 2.24. The molecule has 1 fully saturated rings. The Bertz CT molecular complexity index is 1340. The molecular weight excluding hydrogens is 422 g/mol. The van der Waals surface area contributed by atoms with Crippen LogP contribution in [0.3, 0.4) is 0 Å². The maximum Gasteiger partial charge on any atom is 0.238 e. The van der Waals surface area contributed by atoms with Gasteiger partial charge in [0.05, 0.1) is 27.5 Å². The second-order valence-corrected chi connectivity index (χ2v) is 10.5. The molecule has 3 aromatic heterocycles. The summed E-state index contributed by atoms with van der Waals surface area (Å²) in [6, 6.07) is 9.86. The summed E-state index contributed by atoms with van der Waals surface area (Å²) < 4.78 is 27.6. The molecule has 4 aromatic rings. The Labute approximate surface area is 177 Å². The van der Waals surface area contributed by atoms with Crippen molar-refractivity contribution in [1.82, 2.24) is 28.7 Å². The molecule has 1 aromatic carbocycles. The van der Waals surface area contributed by atoms with Gasteiger partial charge >= 0.3 is 0 Å². The Morgan fingerprint density at radius 3 is 2.63 bits per heavy atom. The van der Waals surface area contributed by atoms with E-state index in [1.54, 1.807) is 17.7 Å². The standard InChI is InChI=1S/C19H21N7O2S2/c1-30(27,28)25-8-6-24(7-9-25)11-13-10-15-17(29-13)18(20)23-19(22-15)26-12-21-14-4-2-3-5-16(14)26/h2-5,10,12H,6-9,11H2,1H3,(H2,20,22,23). The normalized spacial score (nSPS) is 16.6. The number of hydrogen-bond donors (Lipinski definition) is 1. The first-order chi connectivity index (χ1) is 14.4. The molecule has 0 aliphatic carbocycles. The van der Waals surface area contributed by atoms with E-state index < -0.39 is 10.0 Å². The van der Waals surface area contributed by atoms with E-state index in [1.165, 1.54) is 10.6 Å². The van der Waals surface area contributed by atoms with Gasteiger partial charge in [0.25, 0.3) is 0 Å². The number of thiophene rings is 1. The molecule has 0 amide bonds. The molecule has 0 unspecified atom stereocenters. The Kier molecular flexibility index (Phi) is 4.69. The Morgan fingerprint density at radius 2 is 1.87 bits per heavy atom. The number of hydrogen-bond acceptors (Lipinski definition) is 8. The summed E-state index contributed by atoms with van der Waals surface area (Å²) >= 11 is 1.59. The minimum absolute atomic E-state index is 0.450. The van der Waals surface area contributed by atoms with Crippen molar-refractivity contribution in [3.8, 4) is 5.95 Å². The molecule has 1 aliphatic rings. The molecule has 0 bridgehead atoms. The molecule has 5 rings (SSSR count). The van der Waals surface area contributed by atoms with Crippen molar-refractivity contribution in [2.24, 2.45) is 0 Å². The van der Waals surface area contributed by atoms with Crippen LogP contribution < -0.4 is 5.73 Å². The van der Waals surface area contributed by atoms with Crippen LogP contribution in [0.25, 0.3) is 27.2 Å². The topological polar surface area (TPSA) is 110 Å². The van der Waals surface area contributed by atoms with E-state index in [0.717, 1.165) is 32.7 Å². The van der Waals surface area contributed by atoms with Gasteiger partial charge in [-0.2, -0.15) is 9.29 Å². The zero-order valence-corrected chi connectivity index (χ0v) is 18.0. The number of nitrogens with zero attached hydrogens (tertiary/aromatic N) is 6. The lowest BCUT2D eigenvalue weighted by molar-refractivity contribution is 0.183. The van der Waals surface area contributed by atoms with Crippen molar-refractivity contribution in [3.05, 3.63) is 41.5 Å². The first kappa shape index (κ1) is 19.4. The van der Waals surface area contributed by atoms with Gasteiger partial charge < -0.3 is 5.73 Å². The van der Waals surface area contributed by atoms with Crippen LogP contribution in [0.4, 0.5) is 5.82 Å². The SMILES string of the molecule is CS(=O)(=O)N1CCN(Cc2cc3nc(-n4cnc5ccccc54)nc(N)c3s2)CC1. The van der Waals surface area contributed by atoms with Crippen molar-refractivity contribution < 1.29 is 8.42 Å². The number of anilines is 1. The maximum absolute atomic E-state index is 11.7. The van der Waals surface area contributed by atoms with Crippen molar-refractivity contribution in [3.63, 3.8) is 0 Å². The number of sulfonamides is 1. The van der Waals surface area contributed by atoms with Gasteiger partial charge in [0.15, 0.2) is 0 Å². The van der Waals surface area contributed by atoms with Gasteiger partial charge in [-0.15, -0.1) is 11.3 Å². The van der Waals surface area contributed by atoms with Crippen LogP contribution in [0.5, 0.6) is 0 Å². The number of para-hydroxylation sites is 2. The van der Waals surface area contributed by atoms with Crippen LogP contribution in [0.15, 0.2) is 36.7 Å². The van der Waals surface area contributed by atoms with Crippen LogP contribution in [0.1, 0.15) is 4.88 Å². The first-order valence-corrected chi connectivity index (χ1v) is 12.2. The summed E-state index contributed by atoms with van der Waals surface area (Å²) in [5.41, 5.74) is 8.87. The predicted molar refractivity (Wildman–Crippen MR) is 118 cm³/mol. The lowest BCUT2D eigenvalue weighted by Gasteiger charge is -2.32. The molecule has 2 N–H and O–H groups in total. The van der Waals surface area contributed by atoms with E-state index in [-0.39, 0.29) is 0 Å². The summed E-state index contributed by atoms with van der Waals surface area (Å²) in [7, 11) is -3.12. The second-order valence-electron chi connectivity index (χ2n) is 7.38. The molecule has 0 atom stereocenters. The fraction of sp³-hybridized carbons (Fsp3) is 0.316. The lowest BCUT2D eigenvalue weighted by Crippen LogP contribution is -2.47. The third kappa shape index (κ3) is 3.54. The van der Waals surface area contributed by atoms with Gasteiger partial charge in [-0.25, -0.2) is 18.4 Å². The van der Waals surface area contributed by atoms with Gasteiger partial charge in [0.1, 0.15) is 12.1 Å². The highest BCUT2D eigenvalue weighted by Crippen LogP contribution is 2.30. The minimum atomic E-state index is -3.12. The van der Waals surface area contributed by atoms with Gasteiger partial charge in [0, 0.05) is 37.6 Å². The van der Waals surface area contributed by atoms with Crippen LogP contribution >= 0.6 is 11.3 Å². The van der Waals surface area contributed by atoms with Crippen molar-refractivity contribution in [2.45, 2.75) is 6.54 Å². The van der Waals surface area contributed by atoms with E-state index in [1.807, 2.05) is 34.9 Å². The quantitative estimate of drug-likeness (QED) is 0.511. The summed E-state index contributed by atoms with van der Waals surface area (Å²) in [4.78, 5) is 17.0. The molecule has 0 spiro atoms. The van der Waals surface area contributed by atoms with Crippen LogP contribution in [0, 0.1) is 0 Å². The average molecular weight is 444 g/mol. The second kappa shape index (κ2) is 7.27. The zero-order valence-electron chi connectivity index (χ0n) is 16.4. The maximum atomic E-state index is 11.7. The van der Waals surface area contributed by atoms with E-state index >= 15 is 0 Å². The molecule has 1 saturated heterocycles. The molecule has 0 radical (unpaired) electrons. The summed E-state index contributed by atoms with van der Waals surface area (Å²) in [6.45, 7) is 3.18. The third-order valence-electron chi connectivity index (χ3n) is 5.29. The van der Waals surface area contributed by atoms with E-state index in [0.29, 0.717) is 37.9 Å². The van der Waals surface area contributed by atoms with Crippen LogP contribution in [-0.4, -0.2) is 69.6 Å². The molecule has 9 nitrogen and oxygen atoms in total. The zero-order chi connectivity index (χ0) is 20.9. The molecule has 1 aliphatic heterocycles. The fourth-order valence-corrected chi connectivity index (χ4v) is 5.60.